The van der Waals surface area contributed by atoms with Gasteiger partial charge in [0.15, 0.2) is 0 Å². The highest BCUT2D eigenvalue weighted by Gasteiger charge is 2.37. The first-order chi connectivity index (χ1) is 14.4. The van der Waals surface area contributed by atoms with Crippen LogP contribution in [0.2, 0.25) is 0 Å². The number of halogens is 2. The van der Waals surface area contributed by atoms with Crippen LogP contribution in [-0.4, -0.2) is 29.2 Å². The van der Waals surface area contributed by atoms with Gasteiger partial charge in [-0.1, -0.05) is 24.6 Å². The summed E-state index contributed by atoms with van der Waals surface area (Å²) in [6.07, 6.45) is 3.37. The number of hydrogen-bond acceptors (Lipinski definition) is 5. The molecule has 9 heteroatoms. The lowest BCUT2D eigenvalue weighted by molar-refractivity contribution is 0.252. The van der Waals surface area contributed by atoms with E-state index in [4.69, 9.17) is 5.73 Å². The van der Waals surface area contributed by atoms with E-state index in [1.807, 2.05) is 0 Å². The zero-order chi connectivity index (χ0) is 21.3. The van der Waals surface area contributed by atoms with E-state index in [1.165, 1.54) is 28.7 Å². The Bertz CT molecular complexity index is 1170. The molecule has 156 valence electrons. The van der Waals surface area contributed by atoms with E-state index in [1.54, 1.807) is 18.2 Å². The van der Waals surface area contributed by atoms with Crippen molar-refractivity contribution in [2.24, 2.45) is 0 Å². The summed E-state index contributed by atoms with van der Waals surface area (Å²) in [7, 11) is -3.93. The molecule has 6 nitrogen and oxygen atoms in total. The maximum Gasteiger partial charge on any atom is 0.243 e. The maximum absolute atomic E-state index is 14.5. The second kappa shape index (κ2) is 8.08. The first-order valence-electron chi connectivity index (χ1n) is 9.52. The molecule has 1 atom stereocenters. The third kappa shape index (κ3) is 3.78. The number of aromatic nitrogens is 2. The molecule has 1 unspecified atom stereocenters. The van der Waals surface area contributed by atoms with Gasteiger partial charge in [0.25, 0.3) is 0 Å². The summed E-state index contributed by atoms with van der Waals surface area (Å²) >= 11 is 0. The van der Waals surface area contributed by atoms with Gasteiger partial charge in [-0.25, -0.2) is 27.2 Å². The molecule has 0 radical (unpaired) electrons. The van der Waals surface area contributed by atoms with Crippen molar-refractivity contribution >= 4 is 16.0 Å². The lowest BCUT2D eigenvalue weighted by Gasteiger charge is -2.35. The SMILES string of the molecule is Nc1ncc(-c2ccccc2F)c(C2CCCCN2S(=O)(=O)c2ccc(F)cc2)n1. The molecule has 1 saturated heterocycles. The summed E-state index contributed by atoms with van der Waals surface area (Å²) in [4.78, 5) is 8.31. The number of piperidine rings is 1. The summed E-state index contributed by atoms with van der Waals surface area (Å²) in [6.45, 7) is 0.269. The Balaban J connectivity index is 1.83. The minimum absolute atomic E-state index is 0.00901. The fraction of sp³-hybridized carbons (Fsp3) is 0.238. The van der Waals surface area contributed by atoms with Gasteiger partial charge in [-0.15, -0.1) is 0 Å². The van der Waals surface area contributed by atoms with E-state index in [-0.39, 0.29) is 23.0 Å². The van der Waals surface area contributed by atoms with Gasteiger partial charge in [0, 0.05) is 23.9 Å². The summed E-state index contributed by atoms with van der Waals surface area (Å²) in [5.41, 5.74) is 6.84. The van der Waals surface area contributed by atoms with Crippen LogP contribution in [-0.2, 0) is 10.0 Å². The van der Waals surface area contributed by atoms with Gasteiger partial charge in [0.1, 0.15) is 11.6 Å². The van der Waals surface area contributed by atoms with E-state index in [9.17, 15) is 17.2 Å². The Hall–Kier alpha value is -2.91. The predicted molar refractivity (Wildman–Crippen MR) is 109 cm³/mol. The molecule has 2 N–H and O–H groups in total. The number of nitrogens with two attached hydrogens (primary N) is 1. The zero-order valence-electron chi connectivity index (χ0n) is 16.0. The van der Waals surface area contributed by atoms with Crippen LogP contribution in [0.1, 0.15) is 31.0 Å². The van der Waals surface area contributed by atoms with Gasteiger partial charge < -0.3 is 5.73 Å². The molecule has 1 fully saturated rings. The molecule has 2 aromatic carbocycles. The third-order valence-corrected chi connectivity index (χ3v) is 7.11. The number of hydrogen-bond donors (Lipinski definition) is 1. The smallest absolute Gasteiger partial charge is 0.243 e. The molecule has 1 aliphatic rings. The molecule has 0 bridgehead atoms. The van der Waals surface area contributed by atoms with Crippen molar-refractivity contribution in [2.45, 2.75) is 30.2 Å². The molecule has 2 heterocycles. The highest BCUT2D eigenvalue weighted by molar-refractivity contribution is 7.89. The first kappa shape index (κ1) is 20.4. The van der Waals surface area contributed by atoms with Crippen LogP contribution in [0.4, 0.5) is 14.7 Å². The van der Waals surface area contributed by atoms with E-state index in [0.29, 0.717) is 24.1 Å². The minimum atomic E-state index is -3.93. The zero-order valence-corrected chi connectivity index (χ0v) is 16.8. The van der Waals surface area contributed by atoms with Crippen LogP contribution in [0.3, 0.4) is 0 Å². The molecule has 0 amide bonds. The van der Waals surface area contributed by atoms with Crippen LogP contribution >= 0.6 is 0 Å². The van der Waals surface area contributed by atoms with Crippen LogP contribution < -0.4 is 5.73 Å². The number of rotatable bonds is 4. The number of anilines is 1. The van der Waals surface area contributed by atoms with Crippen molar-refractivity contribution in [3.63, 3.8) is 0 Å². The molecule has 0 spiro atoms. The summed E-state index contributed by atoms with van der Waals surface area (Å²) in [5.74, 6) is -1.000. The molecular weight excluding hydrogens is 410 g/mol. The van der Waals surface area contributed by atoms with E-state index in [2.05, 4.69) is 9.97 Å². The Morgan fingerprint density at radius 3 is 2.47 bits per heavy atom. The van der Waals surface area contributed by atoms with Crippen molar-refractivity contribution in [3.8, 4) is 11.1 Å². The van der Waals surface area contributed by atoms with Gasteiger partial charge in [-0.3, -0.25) is 0 Å². The largest absolute Gasteiger partial charge is 0.368 e. The maximum atomic E-state index is 14.5. The quantitative estimate of drug-likeness (QED) is 0.678. The number of nitrogen functional groups attached to an aromatic ring is 1. The van der Waals surface area contributed by atoms with Crippen LogP contribution in [0.25, 0.3) is 11.1 Å². The Kier molecular flexibility index (Phi) is 5.48. The van der Waals surface area contributed by atoms with Gasteiger partial charge in [0.05, 0.1) is 16.6 Å². The van der Waals surface area contributed by atoms with Gasteiger partial charge >= 0.3 is 0 Å². The monoisotopic (exact) mass is 430 g/mol. The van der Waals surface area contributed by atoms with E-state index < -0.39 is 27.7 Å². The van der Waals surface area contributed by atoms with E-state index in [0.717, 1.165) is 18.6 Å². The minimum Gasteiger partial charge on any atom is -0.368 e. The summed E-state index contributed by atoms with van der Waals surface area (Å²) in [6, 6.07) is 10.2. The second-order valence-electron chi connectivity index (χ2n) is 7.09. The number of sulfonamides is 1. The molecular formula is C21H20F2N4O2S. The molecule has 0 aliphatic carbocycles. The van der Waals surface area contributed by atoms with Crippen molar-refractivity contribution in [1.29, 1.82) is 0 Å². The fourth-order valence-corrected chi connectivity index (χ4v) is 5.42. The third-order valence-electron chi connectivity index (χ3n) is 5.19. The topological polar surface area (TPSA) is 89.2 Å². The van der Waals surface area contributed by atoms with Crippen molar-refractivity contribution in [1.82, 2.24) is 14.3 Å². The lowest BCUT2D eigenvalue weighted by Crippen LogP contribution is -2.39. The van der Waals surface area contributed by atoms with Gasteiger partial charge in [0.2, 0.25) is 16.0 Å². The molecule has 1 aliphatic heterocycles. The lowest BCUT2D eigenvalue weighted by atomic mass is 9.95. The molecule has 30 heavy (non-hydrogen) atoms. The predicted octanol–water partition coefficient (Wildman–Crippen LogP) is 3.92. The fourth-order valence-electron chi connectivity index (χ4n) is 3.76. The summed E-state index contributed by atoms with van der Waals surface area (Å²) in [5, 5.41) is 0. The average molecular weight is 430 g/mol. The average Bonchev–Trinajstić information content (AvgIpc) is 2.75. The molecule has 1 aromatic heterocycles. The van der Waals surface area contributed by atoms with Gasteiger partial charge in [-0.2, -0.15) is 4.31 Å². The van der Waals surface area contributed by atoms with E-state index >= 15 is 0 Å². The normalized spacial score (nSPS) is 17.7. The van der Waals surface area contributed by atoms with Gasteiger partial charge in [-0.05, 0) is 43.2 Å². The highest BCUT2D eigenvalue weighted by Crippen LogP contribution is 2.39. The Morgan fingerprint density at radius 2 is 1.73 bits per heavy atom. The highest BCUT2D eigenvalue weighted by atomic mass is 32.2. The molecule has 3 aromatic rings. The van der Waals surface area contributed by atoms with Crippen LogP contribution in [0.5, 0.6) is 0 Å². The second-order valence-corrected chi connectivity index (χ2v) is 8.98. The van der Waals surface area contributed by atoms with Crippen molar-refractivity contribution < 1.29 is 17.2 Å². The number of benzene rings is 2. The molecule has 0 saturated carbocycles. The number of nitrogens with zero attached hydrogens (tertiary/aromatic N) is 3. The van der Waals surface area contributed by atoms with Crippen LogP contribution in [0, 0.1) is 11.6 Å². The van der Waals surface area contributed by atoms with Crippen molar-refractivity contribution in [2.75, 3.05) is 12.3 Å². The molecule has 4 rings (SSSR count). The summed E-state index contributed by atoms with van der Waals surface area (Å²) < 4.78 is 55.8. The first-order valence-corrected chi connectivity index (χ1v) is 11.0. The van der Waals surface area contributed by atoms with Crippen molar-refractivity contribution in [3.05, 3.63) is 72.1 Å². The Labute approximate surface area is 173 Å². The Morgan fingerprint density at radius 1 is 1.00 bits per heavy atom. The van der Waals surface area contributed by atoms with Crippen LogP contribution in [0.15, 0.2) is 59.6 Å². The standard InChI is InChI=1S/C21H20F2N4O2S/c22-14-8-10-15(11-9-14)30(28,29)27-12-4-3-7-19(27)20-17(13-25-21(24)26-20)16-5-1-2-6-18(16)23/h1-2,5-6,8-11,13,19H,3-4,7,12H2,(H2,24,25,26).